The highest BCUT2D eigenvalue weighted by Gasteiger charge is 2.36. The Kier molecular flexibility index (Phi) is 1.86. The lowest BCUT2D eigenvalue weighted by atomic mass is 9.91. The molecule has 4 nitrogen and oxygen atoms in total. The molecule has 4 heteroatoms. The first-order valence-electron chi connectivity index (χ1n) is 5.36. The van der Waals surface area contributed by atoms with Crippen molar-refractivity contribution >= 4 is 0 Å². The first-order chi connectivity index (χ1) is 7.57. The smallest absolute Gasteiger partial charge is 0.231 e. The van der Waals surface area contributed by atoms with Gasteiger partial charge in [0.1, 0.15) is 5.60 Å². The minimum absolute atomic E-state index is 0.214. The van der Waals surface area contributed by atoms with Crippen LogP contribution in [0.1, 0.15) is 31.9 Å². The molecule has 0 bridgehead atoms. The van der Waals surface area contributed by atoms with E-state index in [1.165, 1.54) is 0 Å². The number of hydrogen-bond acceptors (Lipinski definition) is 4. The number of benzene rings is 1. The van der Waals surface area contributed by atoms with E-state index >= 15 is 0 Å². The van der Waals surface area contributed by atoms with Crippen LogP contribution in [0.25, 0.3) is 0 Å². The molecule has 0 fully saturated rings. The summed E-state index contributed by atoms with van der Waals surface area (Å²) in [4.78, 5) is 0. The quantitative estimate of drug-likeness (QED) is 0.729. The zero-order chi connectivity index (χ0) is 11.3. The summed E-state index contributed by atoms with van der Waals surface area (Å²) < 4.78 is 16.5. The molecule has 3 rings (SSSR count). The molecular weight excluding hydrogens is 208 g/mol. The maximum atomic E-state index is 10.1. The van der Waals surface area contributed by atoms with Crippen LogP contribution >= 0.6 is 0 Å². The minimum atomic E-state index is -0.506. The first kappa shape index (κ1) is 9.78. The van der Waals surface area contributed by atoms with E-state index in [1.54, 1.807) is 0 Å². The average molecular weight is 222 g/mol. The highest BCUT2D eigenvalue weighted by atomic mass is 16.7. The van der Waals surface area contributed by atoms with Crippen molar-refractivity contribution < 1.29 is 19.3 Å². The maximum absolute atomic E-state index is 10.1. The zero-order valence-corrected chi connectivity index (χ0v) is 9.32. The summed E-state index contributed by atoms with van der Waals surface area (Å²) in [6, 6.07) is 3.65. The fraction of sp³-hybridized carbons (Fsp3) is 0.500. The third-order valence-corrected chi connectivity index (χ3v) is 2.95. The van der Waals surface area contributed by atoms with E-state index in [0.717, 1.165) is 5.56 Å². The Bertz CT molecular complexity index is 439. The molecule has 0 saturated carbocycles. The molecule has 0 spiro atoms. The van der Waals surface area contributed by atoms with Gasteiger partial charge in [0.05, 0.1) is 6.10 Å². The topological polar surface area (TPSA) is 47.9 Å². The predicted octanol–water partition coefficient (Wildman–Crippen LogP) is 2.01. The molecule has 16 heavy (non-hydrogen) atoms. The summed E-state index contributed by atoms with van der Waals surface area (Å²) >= 11 is 0. The van der Waals surface area contributed by atoms with Gasteiger partial charge >= 0.3 is 0 Å². The highest BCUT2D eigenvalue weighted by molar-refractivity contribution is 5.58. The van der Waals surface area contributed by atoms with E-state index in [-0.39, 0.29) is 12.4 Å². The molecule has 86 valence electrons. The van der Waals surface area contributed by atoms with Crippen LogP contribution in [0, 0.1) is 0 Å². The molecule has 0 aliphatic carbocycles. The van der Waals surface area contributed by atoms with Crippen LogP contribution in [0.4, 0.5) is 0 Å². The molecular formula is C12H14O4. The summed E-state index contributed by atoms with van der Waals surface area (Å²) in [7, 11) is 0. The van der Waals surface area contributed by atoms with Crippen molar-refractivity contribution in [3.05, 3.63) is 17.7 Å². The van der Waals surface area contributed by atoms with E-state index in [2.05, 4.69) is 0 Å². The van der Waals surface area contributed by atoms with E-state index < -0.39 is 6.10 Å². The molecule has 1 aromatic rings. The fourth-order valence-corrected chi connectivity index (χ4v) is 2.22. The fourth-order valence-electron chi connectivity index (χ4n) is 2.22. The van der Waals surface area contributed by atoms with Gasteiger partial charge in [0.2, 0.25) is 12.5 Å². The summed E-state index contributed by atoms with van der Waals surface area (Å²) in [5, 5.41) is 10.1. The molecule has 1 unspecified atom stereocenters. The Morgan fingerprint density at radius 3 is 2.88 bits per heavy atom. The van der Waals surface area contributed by atoms with Crippen molar-refractivity contribution in [2.75, 3.05) is 6.79 Å². The molecule has 1 atom stereocenters. The monoisotopic (exact) mass is 222 g/mol. The Balaban J connectivity index is 2.15. The van der Waals surface area contributed by atoms with Gasteiger partial charge in [-0.1, -0.05) is 0 Å². The van der Waals surface area contributed by atoms with Gasteiger partial charge < -0.3 is 19.3 Å². The third kappa shape index (κ3) is 1.33. The largest absolute Gasteiger partial charge is 0.483 e. The molecule has 2 heterocycles. The Hall–Kier alpha value is -1.42. The van der Waals surface area contributed by atoms with Crippen LogP contribution in [0.5, 0.6) is 17.2 Å². The second kappa shape index (κ2) is 3.04. The van der Waals surface area contributed by atoms with E-state index in [4.69, 9.17) is 14.2 Å². The van der Waals surface area contributed by atoms with Gasteiger partial charge in [-0.15, -0.1) is 0 Å². The van der Waals surface area contributed by atoms with Crippen molar-refractivity contribution in [3.63, 3.8) is 0 Å². The number of fused-ring (bicyclic) bond motifs is 3. The van der Waals surface area contributed by atoms with Crippen LogP contribution in [0.15, 0.2) is 12.1 Å². The third-order valence-electron chi connectivity index (χ3n) is 2.95. The predicted molar refractivity (Wildman–Crippen MR) is 56.8 cm³/mol. The molecule has 0 amide bonds. The van der Waals surface area contributed by atoms with Gasteiger partial charge in [-0.2, -0.15) is 0 Å². The second-order valence-corrected chi connectivity index (χ2v) is 4.80. The molecule has 2 aliphatic heterocycles. The normalized spacial score (nSPS) is 24.8. The Labute approximate surface area is 93.7 Å². The summed E-state index contributed by atoms with van der Waals surface area (Å²) in [6.07, 6.45) is 0.0767. The van der Waals surface area contributed by atoms with E-state index in [0.29, 0.717) is 23.7 Å². The van der Waals surface area contributed by atoms with Gasteiger partial charge in [0.25, 0.3) is 0 Å². The molecule has 0 radical (unpaired) electrons. The molecule has 0 saturated heterocycles. The first-order valence-corrected chi connectivity index (χ1v) is 5.36. The number of rotatable bonds is 0. The van der Waals surface area contributed by atoms with Gasteiger partial charge in [-0.25, -0.2) is 0 Å². The molecule has 0 aromatic heterocycles. The second-order valence-electron chi connectivity index (χ2n) is 4.80. The molecule has 1 aromatic carbocycles. The van der Waals surface area contributed by atoms with Crippen LogP contribution in [-0.4, -0.2) is 17.5 Å². The zero-order valence-electron chi connectivity index (χ0n) is 9.32. The lowest BCUT2D eigenvalue weighted by Crippen LogP contribution is -2.34. The van der Waals surface area contributed by atoms with Crippen molar-refractivity contribution in [3.8, 4) is 17.2 Å². The van der Waals surface area contributed by atoms with Gasteiger partial charge in [0.15, 0.2) is 11.5 Å². The van der Waals surface area contributed by atoms with E-state index in [1.807, 2.05) is 26.0 Å². The van der Waals surface area contributed by atoms with Crippen LogP contribution in [0.3, 0.4) is 0 Å². The maximum Gasteiger partial charge on any atom is 0.231 e. The number of ether oxygens (including phenoxy) is 3. The van der Waals surface area contributed by atoms with Gasteiger partial charge in [-0.3, -0.25) is 0 Å². The Morgan fingerprint density at radius 2 is 2.06 bits per heavy atom. The summed E-state index contributed by atoms with van der Waals surface area (Å²) in [6.45, 7) is 4.12. The van der Waals surface area contributed by atoms with Gasteiger partial charge in [-0.05, 0) is 26.0 Å². The highest BCUT2D eigenvalue weighted by Crippen LogP contribution is 2.50. The van der Waals surface area contributed by atoms with E-state index in [9.17, 15) is 5.11 Å². The number of hydrogen-bond donors (Lipinski definition) is 1. The van der Waals surface area contributed by atoms with Crippen molar-refractivity contribution in [2.24, 2.45) is 0 Å². The summed E-state index contributed by atoms with van der Waals surface area (Å²) in [5.41, 5.74) is 0.400. The number of aliphatic hydroxyl groups is 1. The van der Waals surface area contributed by atoms with Crippen molar-refractivity contribution in [2.45, 2.75) is 32.0 Å². The minimum Gasteiger partial charge on any atom is -0.483 e. The molecule has 1 N–H and O–H groups in total. The van der Waals surface area contributed by atoms with Crippen molar-refractivity contribution in [1.29, 1.82) is 0 Å². The average Bonchev–Trinajstić information content (AvgIpc) is 2.63. The number of aliphatic hydroxyl groups excluding tert-OH is 1. The van der Waals surface area contributed by atoms with Gasteiger partial charge in [0, 0.05) is 12.0 Å². The summed E-state index contributed by atoms with van der Waals surface area (Å²) in [5.74, 6) is 1.92. The van der Waals surface area contributed by atoms with Crippen LogP contribution in [0.2, 0.25) is 0 Å². The standard InChI is InChI=1S/C12H14O4/c1-12(2)5-8(13)7-3-4-9-11(10(7)16-12)15-6-14-9/h3-4,8,13H,5-6H2,1-2H3. The Morgan fingerprint density at radius 1 is 1.25 bits per heavy atom. The lowest BCUT2D eigenvalue weighted by molar-refractivity contribution is 0.00898. The van der Waals surface area contributed by atoms with Crippen molar-refractivity contribution in [1.82, 2.24) is 0 Å². The SMILES string of the molecule is CC1(C)CC(O)c2ccc3c(c2O1)OCO3. The van der Waals surface area contributed by atoms with Crippen LogP contribution in [-0.2, 0) is 0 Å². The van der Waals surface area contributed by atoms with Crippen LogP contribution < -0.4 is 14.2 Å². The molecule has 2 aliphatic rings. The lowest BCUT2D eigenvalue weighted by Gasteiger charge is -2.35.